The number of aromatic nitrogens is 1. The van der Waals surface area contributed by atoms with Gasteiger partial charge in [-0.3, -0.25) is 14.4 Å². The minimum atomic E-state index is -1.03. The van der Waals surface area contributed by atoms with Crippen molar-refractivity contribution in [2.24, 2.45) is 0 Å². The first-order valence-corrected chi connectivity index (χ1v) is 9.69. The SMILES string of the molecule is Cc1cc(NC(=O)[C@H](C)SCC(=O)O[C@@H](C)C(=O)Nc2cccc(C#N)c2)no1. The van der Waals surface area contributed by atoms with Crippen molar-refractivity contribution in [3.63, 3.8) is 0 Å². The van der Waals surface area contributed by atoms with Crippen molar-refractivity contribution < 1.29 is 23.6 Å². The second kappa shape index (κ2) is 10.3. The molecule has 1 heterocycles. The van der Waals surface area contributed by atoms with E-state index in [9.17, 15) is 14.4 Å². The van der Waals surface area contributed by atoms with Crippen molar-refractivity contribution in [3.8, 4) is 6.07 Å². The van der Waals surface area contributed by atoms with Crippen LogP contribution >= 0.6 is 11.8 Å². The lowest BCUT2D eigenvalue weighted by molar-refractivity contribution is -0.150. The fraction of sp³-hybridized carbons (Fsp3) is 0.316. The first kappa shape index (κ1) is 22.0. The van der Waals surface area contributed by atoms with Gasteiger partial charge in [-0.25, -0.2) is 0 Å². The second-order valence-electron chi connectivity index (χ2n) is 6.08. The number of esters is 1. The summed E-state index contributed by atoms with van der Waals surface area (Å²) in [5.41, 5.74) is 0.830. The third-order valence-corrected chi connectivity index (χ3v) is 4.75. The van der Waals surface area contributed by atoms with Gasteiger partial charge in [-0.05, 0) is 39.0 Å². The number of carbonyl (C=O) groups is 3. The van der Waals surface area contributed by atoms with Crippen LogP contribution in [0.3, 0.4) is 0 Å². The third-order valence-electron chi connectivity index (χ3n) is 3.64. The molecule has 0 bridgehead atoms. The highest BCUT2D eigenvalue weighted by atomic mass is 32.2. The van der Waals surface area contributed by atoms with E-state index in [2.05, 4.69) is 15.8 Å². The number of hydrogen-bond donors (Lipinski definition) is 2. The Morgan fingerprint density at radius 1 is 1.24 bits per heavy atom. The highest BCUT2D eigenvalue weighted by Crippen LogP contribution is 2.15. The molecule has 29 heavy (non-hydrogen) atoms. The zero-order chi connectivity index (χ0) is 21.4. The minimum Gasteiger partial charge on any atom is -0.452 e. The summed E-state index contributed by atoms with van der Waals surface area (Å²) in [6.07, 6.45) is -1.03. The van der Waals surface area contributed by atoms with Gasteiger partial charge in [0.2, 0.25) is 5.91 Å². The average molecular weight is 416 g/mol. The number of rotatable bonds is 8. The van der Waals surface area contributed by atoms with Gasteiger partial charge in [-0.15, -0.1) is 11.8 Å². The molecule has 0 unspecified atom stereocenters. The van der Waals surface area contributed by atoms with Crippen LogP contribution in [0.1, 0.15) is 25.2 Å². The van der Waals surface area contributed by atoms with E-state index < -0.39 is 23.2 Å². The van der Waals surface area contributed by atoms with Crippen molar-refractivity contribution in [3.05, 3.63) is 41.7 Å². The summed E-state index contributed by atoms with van der Waals surface area (Å²) in [6.45, 7) is 4.78. The molecule has 152 valence electrons. The maximum Gasteiger partial charge on any atom is 0.316 e. The minimum absolute atomic E-state index is 0.103. The van der Waals surface area contributed by atoms with Crippen LogP contribution < -0.4 is 10.6 Å². The van der Waals surface area contributed by atoms with Gasteiger partial charge in [0, 0.05) is 11.8 Å². The lowest BCUT2D eigenvalue weighted by Gasteiger charge is -2.14. The lowest BCUT2D eigenvalue weighted by Crippen LogP contribution is -2.31. The summed E-state index contributed by atoms with van der Waals surface area (Å²) in [4.78, 5) is 36.2. The number of hydrogen-bond acceptors (Lipinski definition) is 8. The zero-order valence-electron chi connectivity index (χ0n) is 16.1. The number of benzene rings is 1. The number of thioether (sulfide) groups is 1. The first-order valence-electron chi connectivity index (χ1n) is 8.64. The van der Waals surface area contributed by atoms with Gasteiger partial charge in [-0.1, -0.05) is 11.2 Å². The van der Waals surface area contributed by atoms with Crippen molar-refractivity contribution in [2.45, 2.75) is 32.1 Å². The average Bonchev–Trinajstić information content (AvgIpc) is 3.10. The van der Waals surface area contributed by atoms with E-state index in [4.69, 9.17) is 14.5 Å². The normalized spacial score (nSPS) is 12.3. The van der Waals surface area contributed by atoms with Gasteiger partial charge in [0.1, 0.15) is 5.76 Å². The molecular formula is C19H20N4O5S. The standard InChI is InChI=1S/C19H20N4O5S/c1-11-7-16(23-28-11)22-19(26)13(3)29-10-17(24)27-12(2)18(25)21-15-6-4-5-14(8-15)9-20/h4-8,12-13H,10H2,1-3H3,(H,21,25)(H,22,23,26)/t12-,13-/m0/s1. The molecule has 2 rings (SSSR count). The highest BCUT2D eigenvalue weighted by Gasteiger charge is 2.21. The largest absolute Gasteiger partial charge is 0.452 e. The quantitative estimate of drug-likeness (QED) is 0.627. The number of nitrogens with one attached hydrogen (secondary N) is 2. The lowest BCUT2D eigenvalue weighted by atomic mass is 10.2. The van der Waals surface area contributed by atoms with Gasteiger partial charge >= 0.3 is 5.97 Å². The van der Waals surface area contributed by atoms with Crippen LogP contribution in [0.15, 0.2) is 34.9 Å². The molecule has 0 fully saturated rings. The van der Waals surface area contributed by atoms with Gasteiger partial charge in [0.25, 0.3) is 5.91 Å². The fourth-order valence-corrected chi connectivity index (χ4v) is 2.78. The monoisotopic (exact) mass is 416 g/mol. The topological polar surface area (TPSA) is 134 Å². The van der Waals surface area contributed by atoms with Crippen molar-refractivity contribution in [1.29, 1.82) is 5.26 Å². The van der Waals surface area contributed by atoms with Crippen LogP contribution in [0.4, 0.5) is 11.5 Å². The number of anilines is 2. The molecule has 1 aromatic heterocycles. The summed E-state index contributed by atoms with van der Waals surface area (Å²) in [7, 11) is 0. The fourth-order valence-electron chi connectivity index (χ4n) is 2.12. The summed E-state index contributed by atoms with van der Waals surface area (Å²) in [5, 5.41) is 17.2. The van der Waals surface area contributed by atoms with Crippen LogP contribution in [-0.4, -0.2) is 40.0 Å². The van der Waals surface area contributed by atoms with Crippen molar-refractivity contribution >= 4 is 41.1 Å². The number of ether oxygens (including phenoxy) is 1. The number of aryl methyl sites for hydroxylation is 1. The molecule has 2 aromatic rings. The highest BCUT2D eigenvalue weighted by molar-refractivity contribution is 8.01. The summed E-state index contributed by atoms with van der Waals surface area (Å²) in [5.74, 6) is -0.720. The number of amides is 2. The molecule has 0 aliphatic rings. The molecule has 0 aliphatic carbocycles. The Morgan fingerprint density at radius 2 is 2.00 bits per heavy atom. The maximum absolute atomic E-state index is 12.1. The van der Waals surface area contributed by atoms with E-state index in [0.717, 1.165) is 11.8 Å². The summed E-state index contributed by atoms with van der Waals surface area (Å²) in [6, 6.07) is 9.93. The van der Waals surface area contributed by atoms with E-state index in [1.165, 1.54) is 13.0 Å². The molecule has 0 saturated heterocycles. The molecule has 2 atom stereocenters. The van der Waals surface area contributed by atoms with E-state index in [0.29, 0.717) is 22.8 Å². The Morgan fingerprint density at radius 3 is 2.66 bits per heavy atom. The molecule has 9 nitrogen and oxygen atoms in total. The van der Waals surface area contributed by atoms with Gasteiger partial charge in [0.15, 0.2) is 11.9 Å². The second-order valence-corrected chi connectivity index (χ2v) is 7.41. The van der Waals surface area contributed by atoms with Gasteiger partial charge < -0.3 is 19.9 Å². The Balaban J connectivity index is 1.76. The molecule has 0 radical (unpaired) electrons. The Hall–Kier alpha value is -3.32. The van der Waals surface area contributed by atoms with Crippen molar-refractivity contribution in [2.75, 3.05) is 16.4 Å². The summed E-state index contributed by atoms with van der Waals surface area (Å²) < 4.78 is 9.96. The van der Waals surface area contributed by atoms with Crippen LogP contribution in [0, 0.1) is 18.3 Å². The number of nitriles is 1. The summed E-state index contributed by atoms with van der Waals surface area (Å²) >= 11 is 1.07. The molecule has 1 aromatic carbocycles. The predicted octanol–water partition coefficient (Wildman–Crippen LogP) is 2.49. The van der Waals surface area contributed by atoms with Crippen LogP contribution in [-0.2, 0) is 19.1 Å². The van der Waals surface area contributed by atoms with E-state index >= 15 is 0 Å². The Bertz CT molecular complexity index is 937. The van der Waals surface area contributed by atoms with Crippen molar-refractivity contribution in [1.82, 2.24) is 5.16 Å². The van der Waals surface area contributed by atoms with E-state index in [-0.39, 0.29) is 11.7 Å². The van der Waals surface area contributed by atoms with Gasteiger partial charge in [0.05, 0.1) is 22.6 Å². The Kier molecular flexibility index (Phi) is 7.79. The van der Waals surface area contributed by atoms with E-state index in [1.54, 1.807) is 38.1 Å². The zero-order valence-corrected chi connectivity index (χ0v) is 16.9. The van der Waals surface area contributed by atoms with Crippen LogP contribution in [0.5, 0.6) is 0 Å². The van der Waals surface area contributed by atoms with Crippen LogP contribution in [0.2, 0.25) is 0 Å². The molecule has 0 saturated carbocycles. The number of carbonyl (C=O) groups excluding carboxylic acids is 3. The first-order chi connectivity index (χ1) is 13.8. The molecular weight excluding hydrogens is 396 g/mol. The molecule has 2 N–H and O–H groups in total. The number of nitrogens with zero attached hydrogens (tertiary/aromatic N) is 2. The predicted molar refractivity (Wildman–Crippen MR) is 107 cm³/mol. The van der Waals surface area contributed by atoms with Gasteiger partial charge in [-0.2, -0.15) is 5.26 Å². The third kappa shape index (κ3) is 6.97. The smallest absolute Gasteiger partial charge is 0.316 e. The maximum atomic E-state index is 12.1. The van der Waals surface area contributed by atoms with Crippen LogP contribution in [0.25, 0.3) is 0 Å². The van der Waals surface area contributed by atoms with E-state index in [1.807, 2.05) is 6.07 Å². The Labute approximate surface area is 171 Å². The molecule has 0 aliphatic heterocycles. The molecule has 0 spiro atoms. The molecule has 10 heteroatoms. The molecule has 2 amide bonds.